The van der Waals surface area contributed by atoms with E-state index in [1.807, 2.05) is 0 Å². The zero-order valence-electron chi connectivity index (χ0n) is 8.23. The van der Waals surface area contributed by atoms with Crippen molar-refractivity contribution in [2.24, 2.45) is 0 Å². The monoisotopic (exact) mass is 275 g/mol. The highest BCUT2D eigenvalue weighted by Gasteiger charge is 2.32. The molecular weight excluding hydrogens is 265 g/mol. The molecule has 1 aromatic rings. The number of hydrogen-bond acceptors (Lipinski definition) is 4. The first-order valence-corrected chi connectivity index (χ1v) is 5.40. The molecule has 1 aliphatic heterocycles. The van der Waals surface area contributed by atoms with Crippen LogP contribution in [0.5, 0.6) is 0 Å². The van der Waals surface area contributed by atoms with Crippen molar-refractivity contribution in [1.82, 2.24) is 9.97 Å². The van der Waals surface area contributed by atoms with Gasteiger partial charge in [0.15, 0.2) is 0 Å². The molecule has 0 bridgehead atoms. The molecular formula is C9H11BrFN3O. The zero-order valence-corrected chi connectivity index (χ0v) is 9.82. The summed E-state index contributed by atoms with van der Waals surface area (Å²) in [7, 11) is 1.77. The average molecular weight is 276 g/mol. The van der Waals surface area contributed by atoms with Crippen LogP contribution in [0.15, 0.2) is 16.9 Å². The van der Waals surface area contributed by atoms with Crippen molar-refractivity contribution in [3.05, 3.63) is 16.9 Å². The molecule has 15 heavy (non-hydrogen) atoms. The number of anilines is 1. The summed E-state index contributed by atoms with van der Waals surface area (Å²) in [6.07, 6.45) is 2.31. The van der Waals surface area contributed by atoms with Crippen molar-refractivity contribution in [3.63, 3.8) is 0 Å². The van der Waals surface area contributed by atoms with Crippen LogP contribution in [0, 0.1) is 0 Å². The molecule has 0 radical (unpaired) electrons. The lowest BCUT2D eigenvalue weighted by atomic mass is 10.2. The molecule has 0 saturated carbocycles. The highest BCUT2D eigenvalue weighted by molar-refractivity contribution is 9.10. The minimum absolute atomic E-state index is 0.158. The Morgan fingerprint density at radius 2 is 2.13 bits per heavy atom. The van der Waals surface area contributed by atoms with Crippen LogP contribution in [-0.2, 0) is 4.74 Å². The summed E-state index contributed by atoms with van der Waals surface area (Å²) in [6, 6.07) is -0.286. The van der Waals surface area contributed by atoms with E-state index in [-0.39, 0.29) is 12.6 Å². The third-order valence-electron chi connectivity index (χ3n) is 2.40. The van der Waals surface area contributed by atoms with Crippen molar-refractivity contribution in [2.75, 3.05) is 25.2 Å². The smallest absolute Gasteiger partial charge is 0.225 e. The van der Waals surface area contributed by atoms with E-state index in [0.29, 0.717) is 12.6 Å². The molecule has 0 amide bonds. The number of hydrogen-bond donors (Lipinski definition) is 0. The van der Waals surface area contributed by atoms with Crippen LogP contribution in [0.4, 0.5) is 10.3 Å². The molecule has 4 nitrogen and oxygen atoms in total. The first-order valence-electron chi connectivity index (χ1n) is 4.60. The van der Waals surface area contributed by atoms with Gasteiger partial charge in [-0.1, -0.05) is 0 Å². The summed E-state index contributed by atoms with van der Waals surface area (Å²) < 4.78 is 19.2. The van der Waals surface area contributed by atoms with E-state index >= 15 is 0 Å². The second-order valence-electron chi connectivity index (χ2n) is 3.43. The lowest BCUT2D eigenvalue weighted by Gasteiger charge is -2.24. The van der Waals surface area contributed by atoms with E-state index in [1.165, 1.54) is 0 Å². The van der Waals surface area contributed by atoms with Crippen molar-refractivity contribution in [2.45, 2.75) is 12.2 Å². The molecule has 2 heterocycles. The van der Waals surface area contributed by atoms with Crippen LogP contribution in [0.3, 0.4) is 0 Å². The standard InChI is InChI=1S/C9H11BrFN3O/c1-14(8-5-15-4-7(8)11)9-12-2-6(10)3-13-9/h2-3,7-8H,4-5H2,1H3/t7-,8-/m1/s1. The van der Waals surface area contributed by atoms with E-state index in [9.17, 15) is 4.39 Å². The minimum Gasteiger partial charge on any atom is -0.376 e. The van der Waals surface area contributed by atoms with Gasteiger partial charge in [-0.05, 0) is 15.9 Å². The Bertz CT molecular complexity index is 335. The molecule has 0 unspecified atom stereocenters. The molecule has 1 saturated heterocycles. The fourth-order valence-corrected chi connectivity index (χ4v) is 1.71. The van der Waals surface area contributed by atoms with Crippen molar-refractivity contribution in [1.29, 1.82) is 0 Å². The van der Waals surface area contributed by atoms with E-state index in [0.717, 1.165) is 4.47 Å². The van der Waals surface area contributed by atoms with Gasteiger partial charge in [0.25, 0.3) is 0 Å². The number of ether oxygens (including phenoxy) is 1. The summed E-state index contributed by atoms with van der Waals surface area (Å²) in [5.74, 6) is 0.511. The van der Waals surface area contributed by atoms with E-state index in [2.05, 4.69) is 25.9 Å². The predicted molar refractivity (Wildman–Crippen MR) is 57.6 cm³/mol. The quantitative estimate of drug-likeness (QED) is 0.818. The molecule has 1 aliphatic rings. The van der Waals surface area contributed by atoms with Crippen molar-refractivity contribution < 1.29 is 9.13 Å². The fourth-order valence-electron chi connectivity index (χ4n) is 1.51. The molecule has 0 N–H and O–H groups in total. The van der Waals surface area contributed by atoms with Gasteiger partial charge in [0.2, 0.25) is 5.95 Å². The van der Waals surface area contributed by atoms with E-state index in [4.69, 9.17) is 4.74 Å². The van der Waals surface area contributed by atoms with E-state index in [1.54, 1.807) is 24.3 Å². The third-order valence-corrected chi connectivity index (χ3v) is 2.81. The van der Waals surface area contributed by atoms with Gasteiger partial charge in [0.05, 0.1) is 23.7 Å². The maximum Gasteiger partial charge on any atom is 0.225 e. The number of alkyl halides is 1. The van der Waals surface area contributed by atoms with Crippen LogP contribution in [0.25, 0.3) is 0 Å². The number of halogens is 2. The first kappa shape index (κ1) is 10.8. The Balaban J connectivity index is 2.13. The number of aromatic nitrogens is 2. The Hall–Kier alpha value is -0.750. The summed E-state index contributed by atoms with van der Waals surface area (Å²) in [5, 5.41) is 0. The van der Waals surface area contributed by atoms with Crippen molar-refractivity contribution >= 4 is 21.9 Å². The highest BCUT2D eigenvalue weighted by atomic mass is 79.9. The van der Waals surface area contributed by atoms with Gasteiger partial charge in [-0.3, -0.25) is 0 Å². The van der Waals surface area contributed by atoms with Gasteiger partial charge in [-0.2, -0.15) is 0 Å². The molecule has 0 aromatic carbocycles. The molecule has 2 atom stereocenters. The van der Waals surface area contributed by atoms with Gasteiger partial charge < -0.3 is 9.64 Å². The molecule has 6 heteroatoms. The summed E-state index contributed by atoms with van der Waals surface area (Å²) in [6.45, 7) is 0.544. The topological polar surface area (TPSA) is 38.2 Å². The number of likely N-dealkylation sites (N-methyl/N-ethyl adjacent to an activating group) is 1. The predicted octanol–water partition coefficient (Wildman–Crippen LogP) is 1.41. The van der Waals surface area contributed by atoms with Crippen LogP contribution >= 0.6 is 15.9 Å². The van der Waals surface area contributed by atoms with Crippen LogP contribution < -0.4 is 4.90 Å². The van der Waals surface area contributed by atoms with Gasteiger partial charge >= 0.3 is 0 Å². The lowest BCUT2D eigenvalue weighted by molar-refractivity contribution is 0.173. The molecule has 2 rings (SSSR count). The van der Waals surface area contributed by atoms with Gasteiger partial charge in [-0.15, -0.1) is 0 Å². The molecule has 0 aliphatic carbocycles. The molecule has 82 valence electrons. The number of rotatable bonds is 2. The van der Waals surface area contributed by atoms with Crippen molar-refractivity contribution in [3.8, 4) is 0 Å². The average Bonchev–Trinajstić information content (AvgIpc) is 2.65. The SMILES string of the molecule is CN(c1ncc(Br)cn1)[C@@H]1COC[C@H]1F. The first-order chi connectivity index (χ1) is 7.18. The number of nitrogens with zero attached hydrogens (tertiary/aromatic N) is 3. The van der Waals surface area contributed by atoms with Crippen LogP contribution in [0.2, 0.25) is 0 Å². The Kier molecular flexibility index (Phi) is 3.16. The Labute approximate surface area is 95.6 Å². The Morgan fingerprint density at radius 3 is 2.67 bits per heavy atom. The summed E-state index contributed by atoms with van der Waals surface area (Å²) in [4.78, 5) is 9.92. The van der Waals surface area contributed by atoms with Gasteiger partial charge in [-0.25, -0.2) is 14.4 Å². The molecule has 1 fully saturated rings. The minimum atomic E-state index is -0.970. The van der Waals surface area contributed by atoms with Crippen LogP contribution in [0.1, 0.15) is 0 Å². The zero-order chi connectivity index (χ0) is 10.8. The summed E-state index contributed by atoms with van der Waals surface area (Å²) in [5.41, 5.74) is 0. The maximum absolute atomic E-state index is 13.4. The third kappa shape index (κ3) is 2.26. The normalized spacial score (nSPS) is 25.5. The summed E-state index contributed by atoms with van der Waals surface area (Å²) >= 11 is 3.25. The van der Waals surface area contributed by atoms with Gasteiger partial charge in [0, 0.05) is 19.4 Å². The van der Waals surface area contributed by atoms with Gasteiger partial charge in [0.1, 0.15) is 6.17 Å². The lowest BCUT2D eigenvalue weighted by Crippen LogP contribution is -2.39. The highest BCUT2D eigenvalue weighted by Crippen LogP contribution is 2.19. The van der Waals surface area contributed by atoms with Crippen LogP contribution in [-0.4, -0.2) is 42.4 Å². The molecule has 1 aromatic heterocycles. The fraction of sp³-hybridized carbons (Fsp3) is 0.556. The second-order valence-corrected chi connectivity index (χ2v) is 4.35. The maximum atomic E-state index is 13.4. The Morgan fingerprint density at radius 1 is 1.47 bits per heavy atom. The second kappa shape index (κ2) is 4.40. The molecule has 0 spiro atoms. The van der Waals surface area contributed by atoms with E-state index < -0.39 is 6.17 Å². The largest absolute Gasteiger partial charge is 0.376 e.